The maximum absolute atomic E-state index is 12.5. The number of amides is 1. The fourth-order valence-electron chi connectivity index (χ4n) is 3.39. The quantitative estimate of drug-likeness (QED) is 0.717. The van der Waals surface area contributed by atoms with Crippen LogP contribution in [0.25, 0.3) is 0 Å². The van der Waals surface area contributed by atoms with E-state index in [-0.39, 0.29) is 12.0 Å². The Balaban J connectivity index is 1.43. The summed E-state index contributed by atoms with van der Waals surface area (Å²) >= 11 is 0. The van der Waals surface area contributed by atoms with E-state index in [2.05, 4.69) is 23.6 Å². The van der Waals surface area contributed by atoms with E-state index in [0.717, 1.165) is 18.7 Å². The Hall–Kier alpha value is -3.12. The highest BCUT2D eigenvalue weighted by Gasteiger charge is 2.25. The zero-order chi connectivity index (χ0) is 19.3. The van der Waals surface area contributed by atoms with Gasteiger partial charge in [-0.25, -0.2) is 0 Å². The molecule has 4 rings (SSSR count). The third-order valence-electron chi connectivity index (χ3n) is 4.83. The average Bonchev–Trinajstić information content (AvgIpc) is 3.15. The molecule has 1 aromatic heterocycles. The molecule has 1 aliphatic rings. The number of rotatable bonds is 6. The van der Waals surface area contributed by atoms with Crippen molar-refractivity contribution in [2.24, 2.45) is 0 Å². The van der Waals surface area contributed by atoms with Crippen LogP contribution in [0.2, 0.25) is 0 Å². The minimum Gasteiger partial charge on any atom is -0.497 e. The van der Waals surface area contributed by atoms with Crippen LogP contribution in [-0.4, -0.2) is 35.9 Å². The zero-order valence-corrected chi connectivity index (χ0v) is 15.8. The highest BCUT2D eigenvalue weighted by molar-refractivity contribution is 5.94. The Bertz CT molecular complexity index is 953. The highest BCUT2D eigenvalue weighted by atomic mass is 16.5. The van der Waals surface area contributed by atoms with Crippen molar-refractivity contribution in [3.63, 3.8) is 0 Å². The van der Waals surface area contributed by atoms with Gasteiger partial charge in [0.1, 0.15) is 11.9 Å². The van der Waals surface area contributed by atoms with Gasteiger partial charge >= 0.3 is 0 Å². The minimum absolute atomic E-state index is 0.154. The van der Waals surface area contributed by atoms with Crippen molar-refractivity contribution in [2.75, 3.05) is 20.3 Å². The molecule has 0 unspecified atom stereocenters. The third-order valence-corrected chi connectivity index (χ3v) is 4.83. The van der Waals surface area contributed by atoms with Crippen molar-refractivity contribution < 1.29 is 14.3 Å². The summed E-state index contributed by atoms with van der Waals surface area (Å²) in [7, 11) is 1.58. The second-order valence-corrected chi connectivity index (χ2v) is 6.77. The molecule has 144 valence electrons. The van der Waals surface area contributed by atoms with Gasteiger partial charge in [-0.05, 0) is 35.7 Å². The summed E-state index contributed by atoms with van der Waals surface area (Å²) in [4.78, 5) is 12.5. The fourth-order valence-corrected chi connectivity index (χ4v) is 3.39. The fraction of sp³-hybridized carbons (Fsp3) is 0.273. The molecule has 0 spiro atoms. The van der Waals surface area contributed by atoms with Gasteiger partial charge in [0.05, 0.1) is 26.0 Å². The van der Waals surface area contributed by atoms with Gasteiger partial charge in [-0.3, -0.25) is 9.48 Å². The number of hydrogen-bond acceptors (Lipinski definition) is 4. The summed E-state index contributed by atoms with van der Waals surface area (Å²) in [5.74, 6) is 0.502. The highest BCUT2D eigenvalue weighted by Crippen LogP contribution is 2.25. The first-order valence-electron chi connectivity index (χ1n) is 9.37. The number of nitrogens with zero attached hydrogens (tertiary/aromatic N) is 2. The van der Waals surface area contributed by atoms with Crippen LogP contribution in [0, 0.1) is 0 Å². The molecule has 0 bridgehead atoms. The summed E-state index contributed by atoms with van der Waals surface area (Å²) in [5.41, 5.74) is 3.85. The van der Waals surface area contributed by atoms with Crippen molar-refractivity contribution in [3.05, 3.63) is 83.2 Å². The number of aromatic nitrogens is 2. The Morgan fingerprint density at radius 3 is 2.93 bits per heavy atom. The van der Waals surface area contributed by atoms with Crippen LogP contribution in [0.3, 0.4) is 0 Å². The van der Waals surface area contributed by atoms with Crippen LogP contribution in [-0.2, 0) is 17.7 Å². The summed E-state index contributed by atoms with van der Waals surface area (Å²) in [6.07, 6.45) is 2.68. The van der Waals surface area contributed by atoms with Gasteiger partial charge in [-0.2, -0.15) is 5.10 Å². The molecule has 0 saturated heterocycles. The molecule has 0 fully saturated rings. The molecule has 28 heavy (non-hydrogen) atoms. The van der Waals surface area contributed by atoms with E-state index in [1.807, 2.05) is 28.9 Å². The number of nitrogens with one attached hydrogen (secondary N) is 1. The minimum atomic E-state index is -0.240. The first-order chi connectivity index (χ1) is 13.7. The monoisotopic (exact) mass is 377 g/mol. The first-order valence-corrected chi connectivity index (χ1v) is 9.37. The first kappa shape index (κ1) is 18.3. The lowest BCUT2D eigenvalue weighted by Gasteiger charge is -2.22. The van der Waals surface area contributed by atoms with Crippen LogP contribution in [0.4, 0.5) is 0 Å². The number of carbonyl (C=O) groups is 1. The van der Waals surface area contributed by atoms with Crippen LogP contribution in [0.5, 0.6) is 5.75 Å². The summed E-state index contributed by atoms with van der Waals surface area (Å²) in [5, 5.41) is 7.68. The number of hydrogen-bond donors (Lipinski definition) is 1. The lowest BCUT2D eigenvalue weighted by molar-refractivity contribution is 0.0383. The predicted octanol–water partition coefficient (Wildman–Crippen LogP) is 2.98. The standard InChI is InChI=1S/C22H23N3O3/c1-27-19-9-5-8-17(12-19)22(26)23-13-20-21-18(10-11-28-20)15-25(24-21)14-16-6-3-2-4-7-16/h2-9,12,15,20H,10-11,13-14H2,1H3,(H,23,26)/t20-/m0/s1. The van der Waals surface area contributed by atoms with E-state index in [1.54, 1.807) is 25.3 Å². The summed E-state index contributed by atoms with van der Waals surface area (Å²) < 4.78 is 13.0. The average molecular weight is 377 g/mol. The number of ether oxygens (including phenoxy) is 2. The lowest BCUT2D eigenvalue weighted by Crippen LogP contribution is -2.31. The van der Waals surface area contributed by atoms with Gasteiger partial charge in [-0.15, -0.1) is 0 Å². The van der Waals surface area contributed by atoms with Crippen LogP contribution in [0.15, 0.2) is 60.8 Å². The number of benzene rings is 2. The van der Waals surface area contributed by atoms with Crippen LogP contribution in [0.1, 0.15) is 33.3 Å². The Kier molecular flexibility index (Phi) is 5.39. The van der Waals surface area contributed by atoms with Gasteiger partial charge in [0.2, 0.25) is 0 Å². The molecule has 1 atom stereocenters. The molecular formula is C22H23N3O3. The smallest absolute Gasteiger partial charge is 0.251 e. The van der Waals surface area contributed by atoms with Crippen molar-refractivity contribution in [2.45, 2.75) is 19.1 Å². The number of carbonyl (C=O) groups excluding carboxylic acids is 1. The van der Waals surface area contributed by atoms with E-state index in [0.29, 0.717) is 24.5 Å². The molecule has 0 saturated carbocycles. The maximum atomic E-state index is 12.5. The summed E-state index contributed by atoms with van der Waals surface area (Å²) in [6, 6.07) is 17.3. The largest absolute Gasteiger partial charge is 0.497 e. The van der Waals surface area contributed by atoms with Gasteiger partial charge < -0.3 is 14.8 Å². The van der Waals surface area contributed by atoms with Gasteiger partial charge in [0.15, 0.2) is 0 Å². The Labute approximate surface area is 164 Å². The lowest BCUT2D eigenvalue weighted by atomic mass is 10.1. The summed E-state index contributed by atoms with van der Waals surface area (Å²) in [6.45, 7) is 1.73. The molecule has 3 aromatic rings. The van der Waals surface area contributed by atoms with Gasteiger partial charge in [0.25, 0.3) is 5.91 Å². The van der Waals surface area contributed by atoms with Gasteiger partial charge in [-0.1, -0.05) is 36.4 Å². The number of fused-ring (bicyclic) bond motifs is 1. The van der Waals surface area contributed by atoms with Crippen molar-refractivity contribution in [3.8, 4) is 5.75 Å². The van der Waals surface area contributed by atoms with Crippen LogP contribution >= 0.6 is 0 Å². The van der Waals surface area contributed by atoms with Gasteiger partial charge in [0, 0.05) is 18.3 Å². The molecule has 0 radical (unpaired) electrons. The molecule has 6 heteroatoms. The van der Waals surface area contributed by atoms with E-state index >= 15 is 0 Å². The molecule has 6 nitrogen and oxygen atoms in total. The second-order valence-electron chi connectivity index (χ2n) is 6.77. The van der Waals surface area contributed by atoms with E-state index < -0.39 is 0 Å². The van der Waals surface area contributed by atoms with Crippen molar-refractivity contribution in [1.29, 1.82) is 0 Å². The Morgan fingerprint density at radius 1 is 1.25 bits per heavy atom. The maximum Gasteiger partial charge on any atom is 0.251 e. The normalized spacial score (nSPS) is 15.7. The number of methoxy groups -OCH3 is 1. The molecule has 1 N–H and O–H groups in total. The molecule has 1 amide bonds. The predicted molar refractivity (Wildman–Crippen MR) is 105 cm³/mol. The van der Waals surface area contributed by atoms with E-state index in [1.165, 1.54) is 11.1 Å². The SMILES string of the molecule is COc1cccc(C(=O)NC[C@@H]2OCCc3cn(Cc4ccccc4)nc32)c1. The molecule has 2 heterocycles. The third kappa shape index (κ3) is 4.07. The molecular weight excluding hydrogens is 354 g/mol. The van der Waals surface area contributed by atoms with Crippen molar-refractivity contribution in [1.82, 2.24) is 15.1 Å². The van der Waals surface area contributed by atoms with E-state index in [4.69, 9.17) is 14.6 Å². The topological polar surface area (TPSA) is 65.4 Å². The molecule has 2 aromatic carbocycles. The second kappa shape index (κ2) is 8.27. The molecule has 1 aliphatic heterocycles. The zero-order valence-electron chi connectivity index (χ0n) is 15.8. The van der Waals surface area contributed by atoms with E-state index in [9.17, 15) is 4.79 Å². The van der Waals surface area contributed by atoms with Crippen LogP contribution < -0.4 is 10.1 Å². The van der Waals surface area contributed by atoms with Crippen molar-refractivity contribution >= 4 is 5.91 Å². The Morgan fingerprint density at radius 2 is 2.11 bits per heavy atom. The molecule has 0 aliphatic carbocycles.